The Morgan fingerprint density at radius 2 is 1.10 bits per heavy atom. The van der Waals surface area contributed by atoms with Crippen molar-refractivity contribution in [2.45, 2.75) is 89.8 Å². The van der Waals surface area contributed by atoms with E-state index < -0.39 is 23.4 Å². The lowest BCUT2D eigenvalue weighted by Gasteiger charge is -2.31. The summed E-state index contributed by atoms with van der Waals surface area (Å²) >= 11 is 0. The van der Waals surface area contributed by atoms with E-state index in [1.165, 1.54) is 0 Å². The molecule has 0 aliphatic carbocycles. The number of rotatable bonds is 2. The highest BCUT2D eigenvalue weighted by molar-refractivity contribution is 5.68. The monoisotopic (exact) mass is 430 g/mol. The van der Waals surface area contributed by atoms with Crippen LogP contribution in [-0.2, 0) is 9.47 Å². The average Bonchev–Trinajstić information content (AvgIpc) is 2.56. The van der Waals surface area contributed by atoms with Crippen LogP contribution in [0.5, 0.6) is 0 Å². The Hall–Kier alpha value is -1.62. The summed E-state index contributed by atoms with van der Waals surface area (Å²) in [4.78, 5) is 22.9. The quantitative estimate of drug-likeness (QED) is 0.368. The second-order valence-corrected chi connectivity index (χ2v) is 9.82. The minimum absolute atomic E-state index is 0.0127. The summed E-state index contributed by atoms with van der Waals surface area (Å²) in [5, 5.41) is 11.9. The first-order valence-corrected chi connectivity index (χ1v) is 10.7. The van der Waals surface area contributed by atoms with E-state index >= 15 is 0 Å². The predicted molar refractivity (Wildman–Crippen MR) is 117 cm³/mol. The molecule has 0 aromatic rings. The van der Waals surface area contributed by atoms with Gasteiger partial charge in [0.25, 0.3) is 0 Å². The molecule has 0 aromatic carbocycles. The van der Waals surface area contributed by atoms with E-state index in [0.717, 1.165) is 25.9 Å². The maximum absolute atomic E-state index is 11.5. The van der Waals surface area contributed by atoms with Crippen molar-refractivity contribution in [2.75, 3.05) is 26.2 Å². The van der Waals surface area contributed by atoms with Crippen LogP contribution < -0.4 is 32.7 Å². The molecule has 2 saturated heterocycles. The van der Waals surface area contributed by atoms with Crippen LogP contribution in [0.3, 0.4) is 0 Å². The summed E-state index contributed by atoms with van der Waals surface area (Å²) in [6, 6.07) is -0.0419. The highest BCUT2D eigenvalue weighted by Gasteiger charge is 2.26. The van der Waals surface area contributed by atoms with E-state index in [0.29, 0.717) is 13.1 Å². The number of alkyl carbamates (subject to hydrolysis) is 2. The molecule has 8 N–H and O–H groups in total. The lowest BCUT2D eigenvalue weighted by Crippen LogP contribution is -2.57. The maximum Gasteiger partial charge on any atom is 0.407 e. The summed E-state index contributed by atoms with van der Waals surface area (Å²) in [7, 11) is 0. The molecule has 0 radical (unpaired) electrons. The summed E-state index contributed by atoms with van der Waals surface area (Å²) < 4.78 is 10.3. The van der Waals surface area contributed by atoms with Crippen molar-refractivity contribution in [1.29, 1.82) is 0 Å². The third-order valence-corrected chi connectivity index (χ3v) is 4.48. The fourth-order valence-corrected chi connectivity index (χ4v) is 2.99. The molecule has 10 nitrogen and oxygen atoms in total. The normalized spacial score (nSPS) is 27.2. The van der Waals surface area contributed by atoms with Crippen LogP contribution in [0, 0.1) is 0 Å². The van der Waals surface area contributed by atoms with Gasteiger partial charge in [-0.3, -0.25) is 0 Å². The molecule has 0 unspecified atom stereocenters. The zero-order valence-electron chi connectivity index (χ0n) is 19.3. The third-order valence-electron chi connectivity index (χ3n) is 4.48. The summed E-state index contributed by atoms with van der Waals surface area (Å²) in [5.41, 5.74) is 10.8. The van der Waals surface area contributed by atoms with E-state index in [1.54, 1.807) is 0 Å². The number of piperidine rings is 2. The lowest BCUT2D eigenvalue weighted by atomic mass is 10.0. The number of amides is 2. The Morgan fingerprint density at radius 3 is 1.37 bits per heavy atom. The number of nitrogens with one attached hydrogen (secondary N) is 4. The Bertz CT molecular complexity index is 498. The van der Waals surface area contributed by atoms with Gasteiger partial charge in [0, 0.05) is 25.2 Å². The molecule has 176 valence electrons. The molecule has 0 spiro atoms. The van der Waals surface area contributed by atoms with Gasteiger partial charge in [-0.05, 0) is 67.5 Å². The van der Waals surface area contributed by atoms with E-state index in [9.17, 15) is 9.59 Å². The van der Waals surface area contributed by atoms with Gasteiger partial charge in [0.15, 0.2) is 0 Å². The van der Waals surface area contributed by atoms with E-state index in [1.807, 2.05) is 41.5 Å². The molecule has 0 saturated carbocycles. The van der Waals surface area contributed by atoms with Gasteiger partial charge in [-0.2, -0.15) is 0 Å². The minimum Gasteiger partial charge on any atom is -0.444 e. The van der Waals surface area contributed by atoms with Crippen LogP contribution in [0.15, 0.2) is 0 Å². The molecular formula is C20H42N6O4. The van der Waals surface area contributed by atoms with Crippen LogP contribution in [-0.4, -0.2) is 73.7 Å². The third kappa shape index (κ3) is 11.5. The summed E-state index contributed by atoms with van der Waals surface area (Å²) in [6.45, 7) is 14.3. The standard InChI is InChI=1S/2C10H21N3O2/c2*1-10(2,3)15-9(14)13-8-6-12-5-4-7(8)11/h2*7-8,12H,4-6,11H2,1-3H3,(H,13,14)/t2*7-,8-/m10/s1. The van der Waals surface area contributed by atoms with Crippen LogP contribution in [0.4, 0.5) is 9.59 Å². The first kappa shape index (κ1) is 26.4. The molecule has 4 atom stereocenters. The molecular weight excluding hydrogens is 388 g/mol. The zero-order valence-corrected chi connectivity index (χ0v) is 19.3. The topological polar surface area (TPSA) is 153 Å². The predicted octanol–water partition coefficient (Wildman–Crippen LogP) is 0.401. The summed E-state index contributed by atoms with van der Waals surface area (Å²) in [5.74, 6) is 0. The van der Waals surface area contributed by atoms with Gasteiger partial charge in [0.05, 0.1) is 12.1 Å². The number of carbonyl (C=O) groups excluding carboxylic acids is 2. The van der Waals surface area contributed by atoms with Gasteiger partial charge in [0.1, 0.15) is 11.2 Å². The Balaban J connectivity index is 0.000000300. The lowest BCUT2D eigenvalue weighted by molar-refractivity contribution is 0.0479. The van der Waals surface area contributed by atoms with Crippen molar-refractivity contribution in [3.8, 4) is 0 Å². The molecule has 2 rings (SSSR count). The second-order valence-electron chi connectivity index (χ2n) is 9.82. The molecule has 10 heteroatoms. The first-order chi connectivity index (χ1) is 13.8. The Labute approximate surface area is 180 Å². The summed E-state index contributed by atoms with van der Waals surface area (Å²) in [6.07, 6.45) is 0.958. The Morgan fingerprint density at radius 1 is 0.767 bits per heavy atom. The average molecular weight is 431 g/mol. The van der Waals surface area contributed by atoms with Gasteiger partial charge < -0.3 is 42.2 Å². The van der Waals surface area contributed by atoms with Crippen molar-refractivity contribution >= 4 is 12.2 Å². The van der Waals surface area contributed by atoms with Gasteiger partial charge >= 0.3 is 12.2 Å². The van der Waals surface area contributed by atoms with E-state index in [4.69, 9.17) is 20.9 Å². The highest BCUT2D eigenvalue weighted by Crippen LogP contribution is 2.09. The number of hydrogen-bond acceptors (Lipinski definition) is 8. The smallest absolute Gasteiger partial charge is 0.407 e. The molecule has 30 heavy (non-hydrogen) atoms. The Kier molecular flexibility index (Phi) is 10.3. The number of nitrogens with two attached hydrogens (primary N) is 2. The zero-order chi connectivity index (χ0) is 22.9. The number of ether oxygens (including phenoxy) is 2. The molecule has 2 fully saturated rings. The largest absolute Gasteiger partial charge is 0.444 e. The van der Waals surface area contributed by atoms with E-state index in [-0.39, 0.29) is 24.2 Å². The van der Waals surface area contributed by atoms with Crippen molar-refractivity contribution < 1.29 is 19.1 Å². The number of hydrogen-bond donors (Lipinski definition) is 6. The number of carbonyl (C=O) groups is 2. The van der Waals surface area contributed by atoms with Crippen molar-refractivity contribution in [2.24, 2.45) is 11.5 Å². The van der Waals surface area contributed by atoms with Gasteiger partial charge in [-0.25, -0.2) is 9.59 Å². The molecule has 2 heterocycles. The van der Waals surface area contributed by atoms with Crippen molar-refractivity contribution in [1.82, 2.24) is 21.3 Å². The van der Waals surface area contributed by atoms with Crippen LogP contribution in [0.25, 0.3) is 0 Å². The van der Waals surface area contributed by atoms with Crippen molar-refractivity contribution in [3.63, 3.8) is 0 Å². The molecule has 2 aliphatic heterocycles. The highest BCUT2D eigenvalue weighted by atomic mass is 16.6. The van der Waals surface area contributed by atoms with Gasteiger partial charge in [-0.15, -0.1) is 0 Å². The first-order valence-electron chi connectivity index (χ1n) is 10.7. The molecule has 0 aromatic heterocycles. The van der Waals surface area contributed by atoms with Crippen LogP contribution in [0.2, 0.25) is 0 Å². The van der Waals surface area contributed by atoms with E-state index in [2.05, 4.69) is 21.3 Å². The van der Waals surface area contributed by atoms with Crippen LogP contribution in [0.1, 0.15) is 54.4 Å². The molecule has 0 bridgehead atoms. The maximum atomic E-state index is 11.5. The SMILES string of the molecule is CC(C)(C)OC(=O)N[C@@H]1CNCC[C@H]1N.CC(C)(C)OC(=O)N[C@H]1CNCC[C@@H]1N. The molecule has 2 amide bonds. The van der Waals surface area contributed by atoms with Crippen LogP contribution >= 0.6 is 0 Å². The van der Waals surface area contributed by atoms with Gasteiger partial charge in [0.2, 0.25) is 0 Å². The fourth-order valence-electron chi connectivity index (χ4n) is 2.99. The second kappa shape index (κ2) is 11.7. The fraction of sp³-hybridized carbons (Fsp3) is 0.900. The van der Waals surface area contributed by atoms with Crippen molar-refractivity contribution in [3.05, 3.63) is 0 Å². The minimum atomic E-state index is -0.462. The molecule has 2 aliphatic rings. The van der Waals surface area contributed by atoms with Gasteiger partial charge in [-0.1, -0.05) is 0 Å².